The lowest BCUT2D eigenvalue weighted by Crippen LogP contribution is -2.35. The van der Waals surface area contributed by atoms with Crippen molar-refractivity contribution in [2.24, 2.45) is 5.92 Å². The molecule has 1 aliphatic heterocycles. The fourth-order valence-corrected chi connectivity index (χ4v) is 3.20. The van der Waals surface area contributed by atoms with Gasteiger partial charge in [-0.25, -0.2) is 0 Å². The first-order valence-corrected chi connectivity index (χ1v) is 8.77. The second kappa shape index (κ2) is 8.67. The minimum absolute atomic E-state index is 0.361. The van der Waals surface area contributed by atoms with Gasteiger partial charge in [-0.15, -0.1) is 0 Å². The molecule has 0 aromatic heterocycles. The van der Waals surface area contributed by atoms with E-state index in [4.69, 9.17) is 4.74 Å². The van der Waals surface area contributed by atoms with Crippen molar-refractivity contribution in [1.82, 2.24) is 9.80 Å². The topological polar surface area (TPSA) is 35.9 Å². The first-order valence-electron chi connectivity index (χ1n) is 8.77. The molecule has 0 saturated carbocycles. The van der Waals surface area contributed by atoms with Crippen LogP contribution in [0.4, 0.5) is 0 Å². The van der Waals surface area contributed by atoms with E-state index >= 15 is 0 Å². The Hall–Kier alpha value is -1.10. The van der Waals surface area contributed by atoms with Gasteiger partial charge in [0.1, 0.15) is 18.5 Å². The highest BCUT2D eigenvalue weighted by atomic mass is 16.5. The van der Waals surface area contributed by atoms with Crippen LogP contribution in [0.3, 0.4) is 0 Å². The average Bonchev–Trinajstić information content (AvgIpc) is 2.95. The quantitative estimate of drug-likeness (QED) is 0.797. The number of ether oxygens (including phenoxy) is 1. The highest BCUT2D eigenvalue weighted by molar-refractivity contribution is 5.35. The Kier molecular flexibility index (Phi) is 6.88. The second-order valence-corrected chi connectivity index (χ2v) is 7.00. The first-order chi connectivity index (χ1) is 11.0. The lowest BCUT2D eigenvalue weighted by molar-refractivity contribution is 0.0739. The molecule has 4 heteroatoms. The number of hydrogen-bond donors (Lipinski definition) is 1. The Labute approximate surface area is 141 Å². The van der Waals surface area contributed by atoms with E-state index in [2.05, 4.69) is 42.8 Å². The zero-order valence-corrected chi connectivity index (χ0v) is 15.1. The van der Waals surface area contributed by atoms with Crippen molar-refractivity contribution in [2.45, 2.75) is 33.3 Å². The van der Waals surface area contributed by atoms with Crippen molar-refractivity contribution >= 4 is 0 Å². The number of hydrogen-bond acceptors (Lipinski definition) is 4. The fourth-order valence-electron chi connectivity index (χ4n) is 3.20. The number of aliphatic hydroxyl groups is 1. The zero-order valence-electron chi connectivity index (χ0n) is 15.1. The summed E-state index contributed by atoms with van der Waals surface area (Å²) in [6.07, 6.45) is 0.798. The van der Waals surface area contributed by atoms with E-state index in [1.807, 2.05) is 13.0 Å². The molecule has 0 aliphatic carbocycles. The predicted octanol–water partition coefficient (Wildman–Crippen LogP) is 2.32. The van der Waals surface area contributed by atoms with Crippen LogP contribution in [0.25, 0.3) is 0 Å². The predicted molar refractivity (Wildman–Crippen MR) is 95.1 cm³/mol. The molecule has 1 fully saturated rings. The number of aryl methyl sites for hydroxylation is 2. The van der Waals surface area contributed by atoms with Crippen molar-refractivity contribution < 1.29 is 9.84 Å². The third-order valence-electron chi connectivity index (χ3n) is 4.72. The highest BCUT2D eigenvalue weighted by Gasteiger charge is 2.24. The van der Waals surface area contributed by atoms with Crippen LogP contribution in [0, 0.1) is 19.8 Å². The van der Waals surface area contributed by atoms with Gasteiger partial charge in [0.2, 0.25) is 0 Å². The standard InChI is InChI=1S/C19H32N2O2/c1-5-20(4)11-17-8-9-21(12-17)13-18(22)14-23-19-10-15(2)6-7-16(19)3/h6-7,10,17-18,22H,5,8-9,11-14H2,1-4H3. The summed E-state index contributed by atoms with van der Waals surface area (Å²) >= 11 is 0. The summed E-state index contributed by atoms with van der Waals surface area (Å²) in [4.78, 5) is 4.74. The molecule has 1 aliphatic rings. The van der Waals surface area contributed by atoms with E-state index in [1.165, 1.54) is 12.0 Å². The maximum atomic E-state index is 10.3. The Morgan fingerprint density at radius 1 is 1.39 bits per heavy atom. The molecule has 2 unspecified atom stereocenters. The SMILES string of the molecule is CCN(C)CC1CCN(CC(O)COc2cc(C)ccc2C)C1. The van der Waals surface area contributed by atoms with Crippen molar-refractivity contribution in [3.63, 3.8) is 0 Å². The van der Waals surface area contributed by atoms with Crippen LogP contribution in [-0.4, -0.2) is 67.4 Å². The summed E-state index contributed by atoms with van der Waals surface area (Å²) in [7, 11) is 2.18. The van der Waals surface area contributed by atoms with Gasteiger partial charge in [0.15, 0.2) is 0 Å². The number of aliphatic hydroxyl groups excluding tert-OH is 1. The Morgan fingerprint density at radius 3 is 2.91 bits per heavy atom. The van der Waals surface area contributed by atoms with Gasteiger partial charge in [-0.1, -0.05) is 19.1 Å². The lowest BCUT2D eigenvalue weighted by Gasteiger charge is -2.22. The maximum absolute atomic E-state index is 10.3. The van der Waals surface area contributed by atoms with Gasteiger partial charge in [0.25, 0.3) is 0 Å². The van der Waals surface area contributed by atoms with E-state index < -0.39 is 6.10 Å². The van der Waals surface area contributed by atoms with Crippen LogP contribution in [0.1, 0.15) is 24.5 Å². The largest absolute Gasteiger partial charge is 0.491 e. The summed E-state index contributed by atoms with van der Waals surface area (Å²) in [5.41, 5.74) is 2.30. The summed E-state index contributed by atoms with van der Waals surface area (Å²) in [5.74, 6) is 1.61. The zero-order chi connectivity index (χ0) is 16.8. The normalized spacial score (nSPS) is 20.2. The molecule has 4 nitrogen and oxygen atoms in total. The van der Waals surface area contributed by atoms with Gasteiger partial charge in [0.05, 0.1) is 0 Å². The minimum atomic E-state index is -0.433. The molecule has 1 aromatic rings. The Bertz CT molecular complexity index is 492. The third-order valence-corrected chi connectivity index (χ3v) is 4.72. The smallest absolute Gasteiger partial charge is 0.122 e. The molecule has 0 spiro atoms. The summed E-state index contributed by atoms with van der Waals surface area (Å²) in [6.45, 7) is 11.8. The molecule has 0 bridgehead atoms. The molecule has 2 rings (SSSR count). The molecule has 1 saturated heterocycles. The number of benzene rings is 1. The van der Waals surface area contributed by atoms with E-state index in [9.17, 15) is 5.11 Å². The van der Waals surface area contributed by atoms with Crippen molar-refractivity contribution in [3.8, 4) is 5.75 Å². The van der Waals surface area contributed by atoms with Gasteiger partial charge in [-0.05, 0) is 63.5 Å². The third kappa shape index (κ3) is 5.79. The monoisotopic (exact) mass is 320 g/mol. The summed E-state index contributed by atoms with van der Waals surface area (Å²) in [5, 5.41) is 10.3. The number of nitrogens with zero attached hydrogens (tertiary/aromatic N) is 2. The van der Waals surface area contributed by atoms with Crippen LogP contribution in [0.5, 0.6) is 5.75 Å². The van der Waals surface area contributed by atoms with Crippen LogP contribution >= 0.6 is 0 Å². The second-order valence-electron chi connectivity index (χ2n) is 7.00. The molecule has 23 heavy (non-hydrogen) atoms. The summed E-state index contributed by atoms with van der Waals surface area (Å²) in [6, 6.07) is 6.18. The molecular formula is C19H32N2O2. The lowest BCUT2D eigenvalue weighted by atomic mass is 10.1. The molecule has 0 radical (unpaired) electrons. The van der Waals surface area contributed by atoms with E-state index in [0.717, 1.165) is 43.4 Å². The van der Waals surface area contributed by atoms with Gasteiger partial charge >= 0.3 is 0 Å². The molecule has 130 valence electrons. The Morgan fingerprint density at radius 2 is 2.17 bits per heavy atom. The van der Waals surface area contributed by atoms with Crippen molar-refractivity contribution in [3.05, 3.63) is 29.3 Å². The molecule has 2 atom stereocenters. The van der Waals surface area contributed by atoms with Crippen molar-refractivity contribution in [1.29, 1.82) is 0 Å². The molecule has 1 aromatic carbocycles. The van der Waals surface area contributed by atoms with Crippen molar-refractivity contribution in [2.75, 3.05) is 46.4 Å². The van der Waals surface area contributed by atoms with Gasteiger partial charge in [-0.2, -0.15) is 0 Å². The molecule has 1 heterocycles. The van der Waals surface area contributed by atoms with E-state index in [1.54, 1.807) is 0 Å². The molecule has 0 amide bonds. The van der Waals surface area contributed by atoms with Gasteiger partial charge in [0, 0.05) is 19.6 Å². The van der Waals surface area contributed by atoms with Crippen LogP contribution < -0.4 is 4.74 Å². The van der Waals surface area contributed by atoms with Crippen LogP contribution in [0.15, 0.2) is 18.2 Å². The highest BCUT2D eigenvalue weighted by Crippen LogP contribution is 2.20. The summed E-state index contributed by atoms with van der Waals surface area (Å²) < 4.78 is 5.81. The number of likely N-dealkylation sites (tertiary alicyclic amines) is 1. The molecule has 1 N–H and O–H groups in total. The van der Waals surface area contributed by atoms with Gasteiger partial charge < -0.3 is 19.6 Å². The number of β-amino-alcohol motifs (C(OH)–C–C–N with tert-alkyl or cyclic N) is 1. The fraction of sp³-hybridized carbons (Fsp3) is 0.684. The maximum Gasteiger partial charge on any atom is 0.122 e. The average molecular weight is 320 g/mol. The number of rotatable bonds is 8. The first kappa shape index (κ1) is 18.2. The van der Waals surface area contributed by atoms with Crippen LogP contribution in [0.2, 0.25) is 0 Å². The van der Waals surface area contributed by atoms with E-state index in [0.29, 0.717) is 13.2 Å². The van der Waals surface area contributed by atoms with Gasteiger partial charge in [-0.3, -0.25) is 0 Å². The minimum Gasteiger partial charge on any atom is -0.491 e. The molecular weight excluding hydrogens is 288 g/mol. The van der Waals surface area contributed by atoms with Crippen LogP contribution in [-0.2, 0) is 0 Å². The Balaban J connectivity index is 1.73. The van der Waals surface area contributed by atoms with E-state index in [-0.39, 0.29) is 0 Å².